The largest absolute Gasteiger partial charge is 0.371 e. The molecule has 120 valence electrons. The molecular weight excluding hydrogens is 262 g/mol. The van der Waals surface area contributed by atoms with E-state index in [0.717, 1.165) is 31.6 Å². The summed E-state index contributed by atoms with van der Waals surface area (Å²) in [5.41, 5.74) is 3.67. The average molecular weight is 293 g/mol. The number of hydrogen-bond acceptors (Lipinski definition) is 4. The Bertz CT molecular complexity index is 407. The molecule has 4 nitrogen and oxygen atoms in total. The van der Waals surface area contributed by atoms with Crippen molar-refractivity contribution in [1.82, 2.24) is 15.3 Å². The van der Waals surface area contributed by atoms with E-state index in [0.29, 0.717) is 12.6 Å². The van der Waals surface area contributed by atoms with Crippen molar-refractivity contribution in [3.8, 4) is 0 Å². The molecule has 0 radical (unpaired) electrons. The molecule has 0 spiro atoms. The molecule has 0 saturated heterocycles. The molecule has 0 aromatic carbocycles. The third-order valence-electron chi connectivity index (χ3n) is 3.57. The zero-order valence-corrected chi connectivity index (χ0v) is 14.5. The molecule has 1 heterocycles. The standard InChI is InChI=1S/C17H31N3O/c1-7-15-14(10-11-18-12(4)5)16(8-2)20-17(19-15)13(6)21-9-3/h12-13,18H,7-11H2,1-6H3. The Labute approximate surface area is 129 Å². The van der Waals surface area contributed by atoms with Gasteiger partial charge >= 0.3 is 0 Å². The third kappa shape index (κ3) is 5.36. The lowest BCUT2D eigenvalue weighted by Crippen LogP contribution is -2.26. The van der Waals surface area contributed by atoms with E-state index in [2.05, 4.69) is 33.0 Å². The second-order valence-corrected chi connectivity index (χ2v) is 5.62. The summed E-state index contributed by atoms with van der Waals surface area (Å²) in [4.78, 5) is 9.50. The van der Waals surface area contributed by atoms with E-state index in [1.165, 1.54) is 17.0 Å². The summed E-state index contributed by atoms with van der Waals surface area (Å²) < 4.78 is 5.64. The molecular formula is C17H31N3O. The van der Waals surface area contributed by atoms with Crippen LogP contribution in [0.4, 0.5) is 0 Å². The Morgan fingerprint density at radius 3 is 2.00 bits per heavy atom. The number of hydrogen-bond donors (Lipinski definition) is 1. The first kappa shape index (κ1) is 18.1. The van der Waals surface area contributed by atoms with Crippen molar-refractivity contribution in [3.05, 3.63) is 22.8 Å². The minimum absolute atomic E-state index is 0.0339. The minimum Gasteiger partial charge on any atom is -0.371 e. The quantitative estimate of drug-likeness (QED) is 0.759. The lowest BCUT2D eigenvalue weighted by atomic mass is 10.0. The third-order valence-corrected chi connectivity index (χ3v) is 3.57. The van der Waals surface area contributed by atoms with Crippen molar-refractivity contribution < 1.29 is 4.74 Å². The Hall–Kier alpha value is -1.00. The van der Waals surface area contributed by atoms with Crippen molar-refractivity contribution in [2.75, 3.05) is 13.2 Å². The maximum Gasteiger partial charge on any atom is 0.157 e. The van der Waals surface area contributed by atoms with Crippen LogP contribution in [-0.2, 0) is 24.0 Å². The molecule has 21 heavy (non-hydrogen) atoms. The van der Waals surface area contributed by atoms with Gasteiger partial charge in [0, 0.05) is 24.0 Å². The van der Waals surface area contributed by atoms with Crippen molar-refractivity contribution in [2.24, 2.45) is 0 Å². The second kappa shape index (κ2) is 9.11. The molecule has 0 aliphatic carbocycles. The first-order valence-corrected chi connectivity index (χ1v) is 8.26. The Kier molecular flexibility index (Phi) is 7.83. The molecule has 1 aromatic rings. The Morgan fingerprint density at radius 1 is 1.00 bits per heavy atom. The number of nitrogens with one attached hydrogen (secondary N) is 1. The molecule has 1 N–H and O–H groups in total. The van der Waals surface area contributed by atoms with Gasteiger partial charge in [0.1, 0.15) is 6.10 Å². The summed E-state index contributed by atoms with van der Waals surface area (Å²) in [6.45, 7) is 14.4. The van der Waals surface area contributed by atoms with E-state index in [4.69, 9.17) is 14.7 Å². The maximum absolute atomic E-state index is 5.64. The highest BCUT2D eigenvalue weighted by atomic mass is 16.5. The zero-order chi connectivity index (χ0) is 15.8. The van der Waals surface area contributed by atoms with Crippen LogP contribution in [0.25, 0.3) is 0 Å². The second-order valence-electron chi connectivity index (χ2n) is 5.62. The highest BCUT2D eigenvalue weighted by Gasteiger charge is 2.16. The highest BCUT2D eigenvalue weighted by molar-refractivity contribution is 5.27. The van der Waals surface area contributed by atoms with Gasteiger partial charge in [-0.2, -0.15) is 0 Å². The Morgan fingerprint density at radius 2 is 1.57 bits per heavy atom. The number of ether oxygens (including phenoxy) is 1. The summed E-state index contributed by atoms with van der Waals surface area (Å²) in [5.74, 6) is 0.825. The van der Waals surface area contributed by atoms with Gasteiger partial charge in [-0.3, -0.25) is 0 Å². The SMILES string of the molecule is CCOC(C)c1nc(CC)c(CCNC(C)C)c(CC)n1. The van der Waals surface area contributed by atoms with Gasteiger partial charge in [-0.25, -0.2) is 9.97 Å². The van der Waals surface area contributed by atoms with Gasteiger partial charge in [0.15, 0.2) is 5.82 Å². The summed E-state index contributed by atoms with van der Waals surface area (Å²) in [7, 11) is 0. The summed E-state index contributed by atoms with van der Waals surface area (Å²) >= 11 is 0. The van der Waals surface area contributed by atoms with Gasteiger partial charge in [0.05, 0.1) is 0 Å². The number of nitrogens with zero attached hydrogens (tertiary/aromatic N) is 2. The number of rotatable bonds is 9. The van der Waals surface area contributed by atoms with Gasteiger partial charge in [-0.15, -0.1) is 0 Å². The molecule has 0 aliphatic heterocycles. The van der Waals surface area contributed by atoms with Crippen molar-refractivity contribution in [3.63, 3.8) is 0 Å². The molecule has 0 fully saturated rings. The lowest BCUT2D eigenvalue weighted by molar-refractivity contribution is 0.0697. The average Bonchev–Trinajstić information content (AvgIpc) is 2.46. The smallest absolute Gasteiger partial charge is 0.157 e. The van der Waals surface area contributed by atoms with Crippen LogP contribution in [0.1, 0.15) is 70.4 Å². The first-order valence-electron chi connectivity index (χ1n) is 8.26. The minimum atomic E-state index is -0.0339. The fourth-order valence-corrected chi connectivity index (χ4v) is 2.47. The summed E-state index contributed by atoms with van der Waals surface area (Å²) in [6, 6.07) is 0.512. The molecule has 1 unspecified atom stereocenters. The van der Waals surface area contributed by atoms with Gasteiger partial charge in [0.2, 0.25) is 0 Å². The van der Waals surface area contributed by atoms with Crippen LogP contribution in [0.2, 0.25) is 0 Å². The van der Waals surface area contributed by atoms with Crippen molar-refractivity contribution in [1.29, 1.82) is 0 Å². The number of aromatic nitrogens is 2. The van der Waals surface area contributed by atoms with E-state index in [1.54, 1.807) is 0 Å². The maximum atomic E-state index is 5.64. The molecule has 1 rings (SSSR count). The van der Waals surface area contributed by atoms with Crippen molar-refractivity contribution in [2.45, 2.75) is 73.0 Å². The van der Waals surface area contributed by atoms with Crippen LogP contribution in [0, 0.1) is 0 Å². The van der Waals surface area contributed by atoms with Gasteiger partial charge in [-0.05, 0) is 45.2 Å². The predicted molar refractivity (Wildman–Crippen MR) is 87.7 cm³/mol. The lowest BCUT2D eigenvalue weighted by Gasteiger charge is -2.17. The van der Waals surface area contributed by atoms with E-state index in [1.807, 2.05) is 13.8 Å². The van der Waals surface area contributed by atoms with E-state index < -0.39 is 0 Å². The topological polar surface area (TPSA) is 47.0 Å². The van der Waals surface area contributed by atoms with Crippen LogP contribution in [0.5, 0.6) is 0 Å². The molecule has 0 bridgehead atoms. The van der Waals surface area contributed by atoms with E-state index >= 15 is 0 Å². The van der Waals surface area contributed by atoms with Crippen LogP contribution in [0.15, 0.2) is 0 Å². The zero-order valence-electron chi connectivity index (χ0n) is 14.5. The molecule has 1 atom stereocenters. The van der Waals surface area contributed by atoms with Crippen LogP contribution in [0.3, 0.4) is 0 Å². The monoisotopic (exact) mass is 293 g/mol. The van der Waals surface area contributed by atoms with Crippen LogP contribution >= 0.6 is 0 Å². The Balaban J connectivity index is 3.00. The predicted octanol–water partition coefficient (Wildman–Crippen LogP) is 3.24. The number of aryl methyl sites for hydroxylation is 2. The van der Waals surface area contributed by atoms with Gasteiger partial charge < -0.3 is 10.1 Å². The van der Waals surface area contributed by atoms with Crippen molar-refractivity contribution >= 4 is 0 Å². The van der Waals surface area contributed by atoms with Gasteiger partial charge in [-0.1, -0.05) is 27.7 Å². The fourth-order valence-electron chi connectivity index (χ4n) is 2.47. The molecule has 0 amide bonds. The summed E-state index contributed by atoms with van der Waals surface area (Å²) in [5, 5.41) is 3.47. The normalized spacial score (nSPS) is 12.9. The molecule has 4 heteroatoms. The van der Waals surface area contributed by atoms with Crippen LogP contribution < -0.4 is 5.32 Å². The molecule has 0 aliphatic rings. The van der Waals surface area contributed by atoms with Crippen LogP contribution in [-0.4, -0.2) is 29.2 Å². The van der Waals surface area contributed by atoms with E-state index in [9.17, 15) is 0 Å². The molecule has 1 aromatic heterocycles. The van der Waals surface area contributed by atoms with E-state index in [-0.39, 0.29) is 6.10 Å². The highest BCUT2D eigenvalue weighted by Crippen LogP contribution is 2.19. The first-order chi connectivity index (χ1) is 10.0. The summed E-state index contributed by atoms with van der Waals surface area (Å²) in [6.07, 6.45) is 2.85. The fraction of sp³-hybridized carbons (Fsp3) is 0.765. The molecule has 0 saturated carbocycles. The van der Waals surface area contributed by atoms with Gasteiger partial charge in [0.25, 0.3) is 0 Å².